The average molecular weight is 188 g/mol. The van der Waals surface area contributed by atoms with Crippen molar-refractivity contribution < 1.29 is 18.9 Å². The third-order valence-corrected chi connectivity index (χ3v) is 2.12. The molecule has 0 aliphatic carbocycles. The van der Waals surface area contributed by atoms with Gasteiger partial charge in [-0.05, 0) is 13.0 Å². The number of ether oxygens (including phenoxy) is 4. The molecule has 0 aromatic rings. The van der Waals surface area contributed by atoms with Gasteiger partial charge >= 0.3 is 5.97 Å². The van der Waals surface area contributed by atoms with Crippen LogP contribution in [0.4, 0.5) is 0 Å². The number of methoxy groups -OCH3 is 3. The van der Waals surface area contributed by atoms with Gasteiger partial charge in [-0.1, -0.05) is 0 Å². The molecule has 1 aliphatic rings. The minimum atomic E-state index is -0.964. The highest BCUT2D eigenvalue weighted by molar-refractivity contribution is 5.06. The number of hydrogen-bond acceptors (Lipinski definition) is 4. The van der Waals surface area contributed by atoms with E-state index in [-0.39, 0.29) is 5.92 Å². The Balaban J connectivity index is 2.66. The van der Waals surface area contributed by atoms with Gasteiger partial charge in [0.1, 0.15) is 12.4 Å². The molecule has 0 saturated carbocycles. The van der Waals surface area contributed by atoms with Gasteiger partial charge in [-0.2, -0.15) is 0 Å². The normalized spacial score (nSPS) is 25.5. The van der Waals surface area contributed by atoms with Gasteiger partial charge in [0.15, 0.2) is 0 Å². The molecule has 0 radical (unpaired) electrons. The maximum absolute atomic E-state index is 5.49. The van der Waals surface area contributed by atoms with Gasteiger partial charge in [0.05, 0.1) is 5.92 Å². The molecule has 0 fully saturated rings. The summed E-state index contributed by atoms with van der Waals surface area (Å²) in [4.78, 5) is 0. The zero-order chi connectivity index (χ0) is 9.90. The Labute approximate surface area is 78.4 Å². The minimum Gasteiger partial charge on any atom is -0.441 e. The van der Waals surface area contributed by atoms with E-state index in [1.165, 1.54) is 0 Å². The highest BCUT2D eigenvalue weighted by Crippen LogP contribution is 2.34. The molecule has 0 amide bonds. The first-order valence-electron chi connectivity index (χ1n) is 4.17. The van der Waals surface area contributed by atoms with Gasteiger partial charge in [-0.25, -0.2) is 0 Å². The molecule has 4 nitrogen and oxygen atoms in total. The lowest BCUT2D eigenvalue weighted by Crippen LogP contribution is -2.39. The molecule has 1 rings (SSSR count). The fourth-order valence-electron chi connectivity index (χ4n) is 1.45. The van der Waals surface area contributed by atoms with Crippen molar-refractivity contribution in [2.24, 2.45) is 5.92 Å². The summed E-state index contributed by atoms with van der Waals surface area (Å²) in [5, 5.41) is 0. The van der Waals surface area contributed by atoms with Crippen LogP contribution in [0.5, 0.6) is 0 Å². The maximum Gasteiger partial charge on any atom is 0.332 e. The number of rotatable bonds is 4. The molecule has 0 N–H and O–H groups in total. The van der Waals surface area contributed by atoms with Gasteiger partial charge < -0.3 is 18.9 Å². The summed E-state index contributed by atoms with van der Waals surface area (Å²) < 4.78 is 20.8. The smallest absolute Gasteiger partial charge is 0.332 e. The molecule has 0 spiro atoms. The van der Waals surface area contributed by atoms with Crippen LogP contribution in [0.25, 0.3) is 0 Å². The summed E-state index contributed by atoms with van der Waals surface area (Å²) in [6.07, 6.45) is 1.94. The molecular weight excluding hydrogens is 172 g/mol. The summed E-state index contributed by atoms with van der Waals surface area (Å²) in [7, 11) is 4.74. The van der Waals surface area contributed by atoms with Crippen LogP contribution in [-0.2, 0) is 18.9 Å². The SMILES string of the molecule is COCC1=CC(C)C(OC)(OC)O1. The Morgan fingerprint density at radius 3 is 2.38 bits per heavy atom. The van der Waals surface area contributed by atoms with Crippen molar-refractivity contribution in [1.82, 2.24) is 0 Å². The predicted molar refractivity (Wildman–Crippen MR) is 47.0 cm³/mol. The standard InChI is InChI=1S/C9H16O4/c1-7-5-8(6-10-2)13-9(7,11-3)12-4/h5,7H,6H2,1-4H3. The van der Waals surface area contributed by atoms with Crippen molar-refractivity contribution in [3.05, 3.63) is 11.8 Å². The summed E-state index contributed by atoms with van der Waals surface area (Å²) in [6, 6.07) is 0. The first-order chi connectivity index (χ1) is 6.18. The second-order valence-corrected chi connectivity index (χ2v) is 2.97. The molecule has 1 atom stereocenters. The van der Waals surface area contributed by atoms with E-state index in [4.69, 9.17) is 18.9 Å². The van der Waals surface area contributed by atoms with E-state index in [1.54, 1.807) is 21.3 Å². The van der Waals surface area contributed by atoms with Gasteiger partial charge in [-0.15, -0.1) is 0 Å². The van der Waals surface area contributed by atoms with E-state index >= 15 is 0 Å². The van der Waals surface area contributed by atoms with E-state index < -0.39 is 5.97 Å². The minimum absolute atomic E-state index is 0.0626. The topological polar surface area (TPSA) is 36.9 Å². The molecule has 0 aromatic carbocycles. The molecule has 76 valence electrons. The quantitative estimate of drug-likeness (QED) is 0.620. The van der Waals surface area contributed by atoms with E-state index in [1.807, 2.05) is 13.0 Å². The summed E-state index contributed by atoms with van der Waals surface area (Å²) in [5.74, 6) is -0.153. The first-order valence-corrected chi connectivity index (χ1v) is 4.17. The van der Waals surface area contributed by atoms with Gasteiger partial charge in [0.25, 0.3) is 0 Å². The first kappa shape index (κ1) is 10.5. The van der Waals surface area contributed by atoms with Crippen LogP contribution in [0, 0.1) is 5.92 Å². The monoisotopic (exact) mass is 188 g/mol. The Bertz CT molecular complexity index is 196. The van der Waals surface area contributed by atoms with E-state index in [0.717, 1.165) is 5.76 Å². The van der Waals surface area contributed by atoms with Crippen LogP contribution in [0.15, 0.2) is 11.8 Å². The van der Waals surface area contributed by atoms with Gasteiger partial charge in [0, 0.05) is 21.3 Å². The van der Waals surface area contributed by atoms with Crippen LogP contribution in [0.3, 0.4) is 0 Å². The van der Waals surface area contributed by atoms with Gasteiger partial charge in [-0.3, -0.25) is 0 Å². The van der Waals surface area contributed by atoms with Crippen molar-refractivity contribution in [3.63, 3.8) is 0 Å². The fraction of sp³-hybridized carbons (Fsp3) is 0.778. The molecular formula is C9H16O4. The van der Waals surface area contributed by atoms with Gasteiger partial charge in [0.2, 0.25) is 0 Å². The molecule has 0 aromatic heterocycles. The predicted octanol–water partition coefficient (Wildman–Crippen LogP) is 1.13. The lowest BCUT2D eigenvalue weighted by Gasteiger charge is -2.29. The molecule has 1 unspecified atom stereocenters. The van der Waals surface area contributed by atoms with Crippen molar-refractivity contribution in [2.45, 2.75) is 12.9 Å². The van der Waals surface area contributed by atoms with Crippen LogP contribution in [0.1, 0.15) is 6.92 Å². The van der Waals surface area contributed by atoms with Crippen molar-refractivity contribution >= 4 is 0 Å². The van der Waals surface area contributed by atoms with Crippen molar-refractivity contribution in [1.29, 1.82) is 0 Å². The Hall–Kier alpha value is -0.580. The highest BCUT2D eigenvalue weighted by atomic mass is 16.9. The van der Waals surface area contributed by atoms with E-state index in [0.29, 0.717) is 6.61 Å². The molecule has 1 aliphatic heterocycles. The lowest BCUT2D eigenvalue weighted by atomic mass is 10.1. The molecule has 0 saturated heterocycles. The zero-order valence-corrected chi connectivity index (χ0v) is 8.49. The second-order valence-electron chi connectivity index (χ2n) is 2.97. The third-order valence-electron chi connectivity index (χ3n) is 2.12. The Kier molecular flexibility index (Phi) is 3.30. The second kappa shape index (κ2) is 4.09. The van der Waals surface area contributed by atoms with Crippen molar-refractivity contribution in [3.8, 4) is 0 Å². The zero-order valence-electron chi connectivity index (χ0n) is 8.49. The average Bonchev–Trinajstić information content (AvgIpc) is 2.44. The van der Waals surface area contributed by atoms with Crippen LogP contribution < -0.4 is 0 Å². The Morgan fingerprint density at radius 2 is 2.00 bits per heavy atom. The lowest BCUT2D eigenvalue weighted by molar-refractivity contribution is -0.354. The largest absolute Gasteiger partial charge is 0.441 e. The molecule has 0 bridgehead atoms. The van der Waals surface area contributed by atoms with E-state index in [9.17, 15) is 0 Å². The summed E-state index contributed by atoms with van der Waals surface area (Å²) >= 11 is 0. The molecule has 4 heteroatoms. The van der Waals surface area contributed by atoms with Crippen LogP contribution >= 0.6 is 0 Å². The molecule has 13 heavy (non-hydrogen) atoms. The van der Waals surface area contributed by atoms with Crippen LogP contribution in [-0.4, -0.2) is 33.9 Å². The number of hydrogen-bond donors (Lipinski definition) is 0. The fourth-order valence-corrected chi connectivity index (χ4v) is 1.45. The van der Waals surface area contributed by atoms with E-state index in [2.05, 4.69) is 0 Å². The Morgan fingerprint density at radius 1 is 1.38 bits per heavy atom. The third kappa shape index (κ3) is 1.85. The summed E-state index contributed by atoms with van der Waals surface area (Å²) in [5.41, 5.74) is 0. The summed E-state index contributed by atoms with van der Waals surface area (Å²) in [6.45, 7) is 2.41. The van der Waals surface area contributed by atoms with Crippen molar-refractivity contribution in [2.75, 3.05) is 27.9 Å². The maximum atomic E-state index is 5.49. The highest BCUT2D eigenvalue weighted by Gasteiger charge is 2.43. The molecule has 1 heterocycles. The van der Waals surface area contributed by atoms with Crippen LogP contribution in [0.2, 0.25) is 0 Å².